The molecule has 0 aromatic carbocycles. The van der Waals surface area contributed by atoms with Crippen LogP contribution in [0.25, 0.3) is 0 Å². The number of hydrogen-bond acceptors (Lipinski definition) is 4. The van der Waals surface area contributed by atoms with E-state index in [1.165, 1.54) is 11.8 Å². The molecule has 3 nitrogen and oxygen atoms in total. The molecule has 2 rings (SSSR count). The molecular weight excluding hydrogens is 286 g/mol. The molecule has 0 atom stereocenters. The minimum Gasteiger partial charge on any atom is -0.373 e. The van der Waals surface area contributed by atoms with Gasteiger partial charge in [0.05, 0.1) is 4.47 Å². The van der Waals surface area contributed by atoms with Crippen LogP contribution in [0.2, 0.25) is 0 Å². The molecular formula is C11H10BrN3S. The van der Waals surface area contributed by atoms with E-state index in [0.29, 0.717) is 0 Å². The summed E-state index contributed by atoms with van der Waals surface area (Å²) in [5.74, 6) is 0.858. The molecule has 0 bridgehead atoms. The van der Waals surface area contributed by atoms with Gasteiger partial charge in [0, 0.05) is 13.2 Å². The molecule has 0 aliphatic rings. The van der Waals surface area contributed by atoms with E-state index in [-0.39, 0.29) is 0 Å². The third kappa shape index (κ3) is 2.74. The quantitative estimate of drug-likeness (QED) is 0.941. The Bertz CT molecular complexity index is 490. The summed E-state index contributed by atoms with van der Waals surface area (Å²) in [6.07, 6.45) is 1.77. The molecule has 0 amide bonds. The van der Waals surface area contributed by atoms with E-state index in [1.807, 2.05) is 37.4 Å². The van der Waals surface area contributed by atoms with Crippen LogP contribution in [-0.2, 0) is 0 Å². The van der Waals surface area contributed by atoms with Crippen LogP contribution in [0.15, 0.2) is 51.1 Å². The molecule has 16 heavy (non-hydrogen) atoms. The first kappa shape index (κ1) is 11.4. The van der Waals surface area contributed by atoms with Crippen LogP contribution >= 0.6 is 27.7 Å². The first-order chi connectivity index (χ1) is 7.79. The topological polar surface area (TPSA) is 37.8 Å². The van der Waals surface area contributed by atoms with Gasteiger partial charge >= 0.3 is 0 Å². The molecule has 0 saturated heterocycles. The van der Waals surface area contributed by atoms with Gasteiger partial charge in [0.25, 0.3) is 0 Å². The fourth-order valence-corrected chi connectivity index (χ4v) is 2.42. The minimum atomic E-state index is 0.858. The molecule has 2 aromatic heterocycles. The maximum Gasteiger partial charge on any atom is 0.127 e. The summed E-state index contributed by atoms with van der Waals surface area (Å²) >= 11 is 5.00. The highest BCUT2D eigenvalue weighted by molar-refractivity contribution is 9.10. The lowest BCUT2D eigenvalue weighted by Crippen LogP contribution is -1.92. The van der Waals surface area contributed by atoms with Crippen LogP contribution in [0.4, 0.5) is 5.82 Å². The summed E-state index contributed by atoms with van der Waals surface area (Å²) in [5.41, 5.74) is 0. The summed E-state index contributed by atoms with van der Waals surface area (Å²) in [7, 11) is 1.85. The SMILES string of the molecule is CNc1cccc(Sc2ncccc2Br)n1. The molecule has 0 saturated carbocycles. The third-order valence-corrected chi connectivity index (χ3v) is 3.76. The number of halogens is 1. The van der Waals surface area contributed by atoms with E-state index < -0.39 is 0 Å². The first-order valence-corrected chi connectivity index (χ1v) is 6.34. The average molecular weight is 296 g/mol. The van der Waals surface area contributed by atoms with Gasteiger partial charge in [-0.05, 0) is 52.0 Å². The van der Waals surface area contributed by atoms with Crippen molar-refractivity contribution in [3.63, 3.8) is 0 Å². The number of nitrogens with one attached hydrogen (secondary N) is 1. The Morgan fingerprint density at radius 3 is 2.88 bits per heavy atom. The Morgan fingerprint density at radius 1 is 1.25 bits per heavy atom. The van der Waals surface area contributed by atoms with Crippen molar-refractivity contribution in [2.75, 3.05) is 12.4 Å². The number of nitrogens with zero attached hydrogens (tertiary/aromatic N) is 2. The fraction of sp³-hybridized carbons (Fsp3) is 0.0909. The van der Waals surface area contributed by atoms with Gasteiger partial charge in [-0.1, -0.05) is 6.07 Å². The summed E-state index contributed by atoms with van der Waals surface area (Å²) in [5, 5.41) is 4.85. The van der Waals surface area contributed by atoms with E-state index in [0.717, 1.165) is 20.3 Å². The Kier molecular flexibility index (Phi) is 3.79. The van der Waals surface area contributed by atoms with Crippen molar-refractivity contribution in [3.05, 3.63) is 41.0 Å². The van der Waals surface area contributed by atoms with Crippen molar-refractivity contribution < 1.29 is 0 Å². The zero-order chi connectivity index (χ0) is 11.4. The Hall–Kier alpha value is -1.07. The normalized spacial score (nSPS) is 10.1. The van der Waals surface area contributed by atoms with Gasteiger partial charge in [0.2, 0.25) is 0 Å². The lowest BCUT2D eigenvalue weighted by Gasteiger charge is -2.04. The largest absolute Gasteiger partial charge is 0.373 e. The van der Waals surface area contributed by atoms with Crippen LogP contribution in [0.3, 0.4) is 0 Å². The highest BCUT2D eigenvalue weighted by Gasteiger charge is 2.04. The molecule has 0 unspecified atom stereocenters. The van der Waals surface area contributed by atoms with Crippen LogP contribution in [0.1, 0.15) is 0 Å². The highest BCUT2D eigenvalue weighted by atomic mass is 79.9. The summed E-state index contributed by atoms with van der Waals surface area (Å²) in [6.45, 7) is 0. The zero-order valence-electron chi connectivity index (χ0n) is 8.64. The minimum absolute atomic E-state index is 0.858. The van der Waals surface area contributed by atoms with Crippen molar-refractivity contribution in [1.29, 1.82) is 0 Å². The number of hydrogen-bond donors (Lipinski definition) is 1. The second-order valence-electron chi connectivity index (χ2n) is 3.00. The Labute approximate surface area is 107 Å². The van der Waals surface area contributed by atoms with E-state index >= 15 is 0 Å². The van der Waals surface area contributed by atoms with E-state index in [2.05, 4.69) is 31.2 Å². The van der Waals surface area contributed by atoms with Gasteiger partial charge in [0.1, 0.15) is 15.9 Å². The molecule has 5 heteroatoms. The predicted octanol–water partition coefficient (Wildman–Crippen LogP) is 3.43. The lowest BCUT2D eigenvalue weighted by molar-refractivity contribution is 1.08. The van der Waals surface area contributed by atoms with Gasteiger partial charge in [-0.25, -0.2) is 9.97 Å². The predicted molar refractivity (Wildman–Crippen MR) is 69.8 cm³/mol. The monoisotopic (exact) mass is 295 g/mol. The number of aromatic nitrogens is 2. The van der Waals surface area contributed by atoms with Crippen LogP contribution in [0.5, 0.6) is 0 Å². The van der Waals surface area contributed by atoms with Crippen molar-refractivity contribution >= 4 is 33.5 Å². The van der Waals surface area contributed by atoms with Crippen molar-refractivity contribution in [1.82, 2.24) is 9.97 Å². The molecule has 0 aliphatic heterocycles. The van der Waals surface area contributed by atoms with Gasteiger partial charge in [-0.3, -0.25) is 0 Å². The van der Waals surface area contributed by atoms with Crippen LogP contribution in [0, 0.1) is 0 Å². The average Bonchev–Trinajstić information content (AvgIpc) is 2.32. The maximum absolute atomic E-state index is 4.42. The molecule has 82 valence electrons. The van der Waals surface area contributed by atoms with Crippen molar-refractivity contribution in [3.8, 4) is 0 Å². The fourth-order valence-electron chi connectivity index (χ4n) is 1.16. The second-order valence-corrected chi connectivity index (χ2v) is 4.87. The third-order valence-electron chi connectivity index (χ3n) is 1.91. The summed E-state index contributed by atoms with van der Waals surface area (Å²) in [6, 6.07) is 9.73. The molecule has 2 heterocycles. The van der Waals surface area contributed by atoms with Gasteiger partial charge < -0.3 is 5.32 Å². The number of rotatable bonds is 3. The summed E-state index contributed by atoms with van der Waals surface area (Å²) in [4.78, 5) is 8.70. The van der Waals surface area contributed by atoms with Crippen LogP contribution < -0.4 is 5.32 Å². The standard InChI is InChI=1S/C11H10BrN3S/c1-13-9-5-2-6-10(15-9)16-11-8(12)4-3-7-14-11/h2-7H,1H3,(H,13,15). The Balaban J connectivity index is 2.24. The second kappa shape index (κ2) is 5.32. The molecule has 1 N–H and O–H groups in total. The first-order valence-electron chi connectivity index (χ1n) is 4.73. The molecule has 0 aliphatic carbocycles. The molecule has 0 fully saturated rings. The van der Waals surface area contributed by atoms with E-state index in [9.17, 15) is 0 Å². The maximum atomic E-state index is 4.42. The smallest absolute Gasteiger partial charge is 0.127 e. The lowest BCUT2D eigenvalue weighted by atomic mass is 10.5. The zero-order valence-corrected chi connectivity index (χ0v) is 11.0. The van der Waals surface area contributed by atoms with E-state index in [1.54, 1.807) is 6.20 Å². The summed E-state index contributed by atoms with van der Waals surface area (Å²) < 4.78 is 0.983. The molecule has 0 spiro atoms. The van der Waals surface area contributed by atoms with E-state index in [4.69, 9.17) is 0 Å². The molecule has 2 aromatic rings. The van der Waals surface area contributed by atoms with Gasteiger partial charge in [-0.15, -0.1) is 0 Å². The number of pyridine rings is 2. The number of anilines is 1. The highest BCUT2D eigenvalue weighted by Crippen LogP contribution is 2.30. The van der Waals surface area contributed by atoms with Crippen molar-refractivity contribution in [2.45, 2.75) is 10.1 Å². The van der Waals surface area contributed by atoms with Crippen molar-refractivity contribution in [2.24, 2.45) is 0 Å². The van der Waals surface area contributed by atoms with Crippen LogP contribution in [-0.4, -0.2) is 17.0 Å². The Morgan fingerprint density at radius 2 is 2.12 bits per heavy atom. The van der Waals surface area contributed by atoms with Gasteiger partial charge in [-0.2, -0.15) is 0 Å². The molecule has 0 radical (unpaired) electrons. The van der Waals surface area contributed by atoms with Gasteiger partial charge in [0.15, 0.2) is 0 Å².